The van der Waals surface area contributed by atoms with Gasteiger partial charge in [-0.3, -0.25) is 4.79 Å². The summed E-state index contributed by atoms with van der Waals surface area (Å²) in [5.41, 5.74) is 3.94. The Bertz CT molecular complexity index is 916. The molecule has 1 amide bonds. The minimum absolute atomic E-state index is 0.111. The van der Waals surface area contributed by atoms with Crippen molar-refractivity contribution in [2.24, 2.45) is 5.92 Å². The molecule has 1 unspecified atom stereocenters. The second-order valence-corrected chi connectivity index (χ2v) is 9.16. The third kappa shape index (κ3) is 4.81. The monoisotopic (exact) mass is 415 g/mol. The lowest BCUT2D eigenvalue weighted by atomic mass is 9.88. The van der Waals surface area contributed by atoms with Gasteiger partial charge in [-0.05, 0) is 66.8 Å². The molecule has 1 aromatic carbocycles. The second kappa shape index (κ2) is 8.99. The second-order valence-electron chi connectivity index (χ2n) is 8.06. The molecule has 1 atom stereocenters. The Kier molecular flexibility index (Phi) is 6.63. The van der Waals surface area contributed by atoms with Crippen molar-refractivity contribution >= 4 is 28.2 Å². The third-order valence-electron chi connectivity index (χ3n) is 5.39. The Hall–Kier alpha value is -2.34. The number of carbonyl (C=O) groups excluding carboxylic acids is 2. The lowest BCUT2D eigenvalue weighted by Crippen LogP contribution is -2.21. The quantitative estimate of drug-likeness (QED) is 0.666. The number of methoxy groups -OCH3 is 1. The van der Waals surface area contributed by atoms with Crippen molar-refractivity contribution in [1.29, 1.82) is 0 Å². The molecule has 0 aliphatic heterocycles. The maximum Gasteiger partial charge on any atom is 0.341 e. The number of anilines is 1. The fourth-order valence-electron chi connectivity index (χ4n) is 3.85. The number of amides is 1. The fraction of sp³-hybridized carbons (Fsp3) is 0.478. The van der Waals surface area contributed by atoms with Gasteiger partial charge in [0, 0.05) is 4.88 Å². The zero-order valence-electron chi connectivity index (χ0n) is 17.8. The van der Waals surface area contributed by atoms with Crippen molar-refractivity contribution in [3.05, 3.63) is 45.3 Å². The Morgan fingerprint density at radius 3 is 2.72 bits per heavy atom. The van der Waals surface area contributed by atoms with Crippen molar-refractivity contribution < 1.29 is 19.1 Å². The highest BCUT2D eigenvalue weighted by atomic mass is 32.1. The molecule has 0 radical (unpaired) electrons. The smallest absolute Gasteiger partial charge is 0.341 e. The van der Waals surface area contributed by atoms with Crippen molar-refractivity contribution in [2.45, 2.75) is 52.9 Å². The lowest BCUT2D eigenvalue weighted by Gasteiger charge is -2.18. The highest BCUT2D eigenvalue weighted by Crippen LogP contribution is 2.40. The highest BCUT2D eigenvalue weighted by Gasteiger charge is 2.28. The van der Waals surface area contributed by atoms with Gasteiger partial charge in [-0.1, -0.05) is 26.8 Å². The Balaban J connectivity index is 1.71. The van der Waals surface area contributed by atoms with Crippen molar-refractivity contribution in [3.8, 4) is 5.75 Å². The molecule has 0 saturated carbocycles. The molecule has 1 heterocycles. The van der Waals surface area contributed by atoms with Crippen LogP contribution in [0.3, 0.4) is 0 Å². The Labute approximate surface area is 176 Å². The summed E-state index contributed by atoms with van der Waals surface area (Å²) in [6, 6.07) is 5.88. The lowest BCUT2D eigenvalue weighted by molar-refractivity contribution is -0.118. The number of nitrogens with one attached hydrogen (secondary N) is 1. The van der Waals surface area contributed by atoms with Gasteiger partial charge >= 0.3 is 5.97 Å². The number of carbonyl (C=O) groups is 2. The standard InChI is InChI=1S/C23H29NO4S/c1-13(2)17-9-7-16(11-15(17)4)28-12-20(25)24-22-21(23(26)27-5)18-8-6-14(3)10-19(18)29-22/h7,9,11,13-14H,6,8,10,12H2,1-5H3,(H,24,25). The number of esters is 1. The predicted octanol–water partition coefficient (Wildman–Crippen LogP) is 5.11. The summed E-state index contributed by atoms with van der Waals surface area (Å²) >= 11 is 1.48. The molecule has 2 aromatic rings. The number of aryl methyl sites for hydroxylation is 1. The van der Waals surface area contributed by atoms with Gasteiger partial charge in [0.05, 0.1) is 12.7 Å². The molecule has 6 heteroatoms. The van der Waals surface area contributed by atoms with Gasteiger partial charge in [0.1, 0.15) is 10.8 Å². The average molecular weight is 416 g/mol. The van der Waals surface area contributed by atoms with Crippen molar-refractivity contribution in [1.82, 2.24) is 0 Å². The van der Waals surface area contributed by atoms with Crippen molar-refractivity contribution in [3.63, 3.8) is 0 Å². The molecule has 5 nitrogen and oxygen atoms in total. The normalized spacial score (nSPS) is 15.7. The van der Waals surface area contributed by atoms with Crippen LogP contribution in [-0.4, -0.2) is 25.6 Å². The van der Waals surface area contributed by atoms with Gasteiger partial charge in [0.25, 0.3) is 5.91 Å². The van der Waals surface area contributed by atoms with E-state index in [0.717, 1.165) is 30.4 Å². The van der Waals surface area contributed by atoms with E-state index in [2.05, 4.69) is 26.1 Å². The maximum atomic E-state index is 12.5. The Morgan fingerprint density at radius 2 is 2.07 bits per heavy atom. The van der Waals surface area contributed by atoms with E-state index in [4.69, 9.17) is 9.47 Å². The summed E-state index contributed by atoms with van der Waals surface area (Å²) < 4.78 is 10.6. The number of thiophene rings is 1. The Morgan fingerprint density at radius 1 is 1.31 bits per heavy atom. The number of rotatable bonds is 6. The summed E-state index contributed by atoms with van der Waals surface area (Å²) in [5, 5.41) is 3.43. The van der Waals surface area contributed by atoms with E-state index in [0.29, 0.717) is 28.1 Å². The van der Waals surface area contributed by atoms with Crippen LogP contribution in [0.1, 0.15) is 65.0 Å². The number of fused-ring (bicyclic) bond motifs is 1. The van der Waals surface area contributed by atoms with E-state index < -0.39 is 5.97 Å². The van der Waals surface area contributed by atoms with Gasteiger partial charge in [0.2, 0.25) is 0 Å². The SMILES string of the molecule is COC(=O)c1c(NC(=O)COc2ccc(C(C)C)c(C)c2)sc2c1CCC(C)C2. The van der Waals surface area contributed by atoms with E-state index in [1.54, 1.807) is 0 Å². The summed E-state index contributed by atoms with van der Waals surface area (Å²) in [5.74, 6) is 1.00. The molecule has 29 heavy (non-hydrogen) atoms. The molecule has 3 rings (SSSR count). The molecule has 156 valence electrons. The van der Waals surface area contributed by atoms with E-state index in [1.807, 2.05) is 25.1 Å². The van der Waals surface area contributed by atoms with E-state index in [1.165, 1.54) is 28.9 Å². The molecule has 1 aliphatic carbocycles. The van der Waals surface area contributed by atoms with Crippen LogP contribution in [-0.2, 0) is 22.4 Å². The molecule has 0 fully saturated rings. The van der Waals surface area contributed by atoms with Crippen LogP contribution >= 0.6 is 11.3 Å². The van der Waals surface area contributed by atoms with Crippen LogP contribution in [0.5, 0.6) is 5.75 Å². The van der Waals surface area contributed by atoms with Crippen LogP contribution in [0.4, 0.5) is 5.00 Å². The zero-order valence-corrected chi connectivity index (χ0v) is 18.6. The molecule has 0 spiro atoms. The van der Waals surface area contributed by atoms with E-state index in [9.17, 15) is 9.59 Å². The van der Waals surface area contributed by atoms with E-state index in [-0.39, 0.29) is 12.5 Å². The number of ether oxygens (including phenoxy) is 2. The van der Waals surface area contributed by atoms with Crippen LogP contribution < -0.4 is 10.1 Å². The first-order valence-electron chi connectivity index (χ1n) is 10.1. The molecular weight excluding hydrogens is 386 g/mol. The van der Waals surface area contributed by atoms with Crippen LogP contribution in [0.25, 0.3) is 0 Å². The summed E-state index contributed by atoms with van der Waals surface area (Å²) in [6.07, 6.45) is 2.80. The summed E-state index contributed by atoms with van der Waals surface area (Å²) in [7, 11) is 1.37. The largest absolute Gasteiger partial charge is 0.484 e. The zero-order chi connectivity index (χ0) is 21.1. The van der Waals surface area contributed by atoms with Crippen LogP contribution in [0.15, 0.2) is 18.2 Å². The fourth-order valence-corrected chi connectivity index (χ4v) is 5.27. The first-order chi connectivity index (χ1) is 13.8. The van der Waals surface area contributed by atoms with Gasteiger partial charge in [-0.15, -0.1) is 11.3 Å². The van der Waals surface area contributed by atoms with E-state index >= 15 is 0 Å². The predicted molar refractivity (Wildman–Crippen MR) is 116 cm³/mol. The summed E-state index contributed by atoms with van der Waals surface area (Å²) in [6.45, 7) is 8.44. The molecule has 0 saturated heterocycles. The van der Waals surface area contributed by atoms with Gasteiger partial charge in [0.15, 0.2) is 6.61 Å². The average Bonchev–Trinajstić information content (AvgIpc) is 3.02. The molecule has 1 N–H and O–H groups in total. The number of hydrogen-bond donors (Lipinski definition) is 1. The first-order valence-corrected chi connectivity index (χ1v) is 10.9. The number of benzene rings is 1. The van der Waals surface area contributed by atoms with Gasteiger partial charge in [-0.25, -0.2) is 4.79 Å². The van der Waals surface area contributed by atoms with Crippen molar-refractivity contribution in [2.75, 3.05) is 19.0 Å². The number of hydrogen-bond acceptors (Lipinski definition) is 5. The molecule has 1 aliphatic rings. The minimum Gasteiger partial charge on any atom is -0.484 e. The molecule has 1 aromatic heterocycles. The third-order valence-corrected chi connectivity index (χ3v) is 6.56. The minimum atomic E-state index is -0.395. The first kappa shape index (κ1) is 21.4. The van der Waals surface area contributed by atoms with Crippen LogP contribution in [0.2, 0.25) is 0 Å². The summed E-state index contributed by atoms with van der Waals surface area (Å²) in [4.78, 5) is 26.0. The molecular formula is C23H29NO4S. The highest BCUT2D eigenvalue weighted by molar-refractivity contribution is 7.17. The van der Waals surface area contributed by atoms with Crippen LogP contribution in [0, 0.1) is 12.8 Å². The maximum absolute atomic E-state index is 12.5. The van der Waals surface area contributed by atoms with Gasteiger partial charge < -0.3 is 14.8 Å². The molecule has 0 bridgehead atoms. The van der Waals surface area contributed by atoms with Gasteiger partial charge in [-0.2, -0.15) is 0 Å². The topological polar surface area (TPSA) is 64.6 Å².